The number of aromatic nitrogens is 2. The summed E-state index contributed by atoms with van der Waals surface area (Å²) in [7, 11) is 1.59. The van der Waals surface area contributed by atoms with E-state index in [9.17, 15) is 4.79 Å². The number of pyridine rings is 1. The summed E-state index contributed by atoms with van der Waals surface area (Å²) >= 11 is 3.61. The molecule has 1 N–H and O–H groups in total. The van der Waals surface area contributed by atoms with Crippen LogP contribution in [0.15, 0.2) is 71.3 Å². The highest BCUT2D eigenvalue weighted by molar-refractivity contribution is 9.10. The molecule has 4 aromatic rings. The van der Waals surface area contributed by atoms with Gasteiger partial charge < -0.3 is 14.8 Å². The van der Waals surface area contributed by atoms with Gasteiger partial charge in [-0.15, -0.1) is 0 Å². The van der Waals surface area contributed by atoms with Gasteiger partial charge in [0.1, 0.15) is 17.2 Å². The van der Waals surface area contributed by atoms with Crippen LogP contribution in [0.3, 0.4) is 0 Å². The molecule has 39 heavy (non-hydrogen) atoms. The number of methoxy groups -OCH3 is 1. The fourth-order valence-electron chi connectivity index (χ4n) is 5.64. The molecule has 0 radical (unpaired) electrons. The van der Waals surface area contributed by atoms with E-state index in [-0.39, 0.29) is 28.8 Å². The van der Waals surface area contributed by atoms with Gasteiger partial charge >= 0.3 is 5.97 Å². The molecule has 7 heteroatoms. The smallest absolute Gasteiger partial charge is 0.315 e. The molecule has 5 rings (SSSR count). The summed E-state index contributed by atoms with van der Waals surface area (Å²) in [6.07, 6.45) is 3.79. The summed E-state index contributed by atoms with van der Waals surface area (Å²) in [6, 6.07) is 19.7. The molecular weight excluding hydrogens is 554 g/mol. The summed E-state index contributed by atoms with van der Waals surface area (Å²) in [6.45, 7) is 11.2. The number of anilines is 1. The van der Waals surface area contributed by atoms with Gasteiger partial charge in [-0.1, -0.05) is 51.1 Å². The Morgan fingerprint density at radius 3 is 2.49 bits per heavy atom. The third-order valence-corrected chi connectivity index (χ3v) is 7.45. The zero-order valence-corrected chi connectivity index (χ0v) is 25.0. The molecule has 2 heterocycles. The Morgan fingerprint density at radius 1 is 1.05 bits per heavy atom. The van der Waals surface area contributed by atoms with E-state index < -0.39 is 0 Å². The summed E-state index contributed by atoms with van der Waals surface area (Å²) in [5.74, 6) is 1.67. The summed E-state index contributed by atoms with van der Waals surface area (Å²) in [5, 5.41) is 3.77. The Morgan fingerprint density at radius 2 is 1.79 bits per heavy atom. The first-order valence-corrected chi connectivity index (χ1v) is 14.1. The number of ether oxygens (including phenoxy) is 2. The third-order valence-electron chi connectivity index (χ3n) is 6.98. The van der Waals surface area contributed by atoms with Crippen LogP contribution in [0, 0.1) is 11.3 Å². The molecule has 204 valence electrons. The van der Waals surface area contributed by atoms with Gasteiger partial charge in [0, 0.05) is 21.8 Å². The standard InChI is InChI=1S/C32H36BrN3O3/c1-31(2,3)19-32(4,5)35-29-28(34-27-15-13-22(33)18-36(27)29)21-12-14-25(26(16-21)38-6)39-30(37)24-17-23(24)20-10-8-7-9-11-20/h7-16,18,23-24,35H,17,19H2,1-6H3. The molecule has 1 aliphatic rings. The average Bonchev–Trinajstić information content (AvgIpc) is 3.61. The lowest BCUT2D eigenvalue weighted by Crippen LogP contribution is -2.36. The molecule has 2 unspecified atom stereocenters. The molecule has 0 bridgehead atoms. The number of halogens is 1. The van der Waals surface area contributed by atoms with Crippen LogP contribution in [0.2, 0.25) is 0 Å². The Kier molecular flexibility index (Phi) is 7.23. The first-order valence-electron chi connectivity index (χ1n) is 13.3. The van der Waals surface area contributed by atoms with Crippen LogP contribution in [0.25, 0.3) is 16.9 Å². The van der Waals surface area contributed by atoms with Crippen LogP contribution >= 0.6 is 15.9 Å². The molecule has 2 aromatic carbocycles. The minimum Gasteiger partial charge on any atom is -0.493 e. The number of imidazole rings is 1. The van der Waals surface area contributed by atoms with Crippen molar-refractivity contribution in [2.24, 2.45) is 11.3 Å². The number of hydrogen-bond donors (Lipinski definition) is 1. The number of hydrogen-bond acceptors (Lipinski definition) is 5. The number of nitrogens with one attached hydrogen (secondary N) is 1. The Labute approximate surface area is 238 Å². The highest BCUT2D eigenvalue weighted by atomic mass is 79.9. The zero-order chi connectivity index (χ0) is 27.9. The van der Waals surface area contributed by atoms with Gasteiger partial charge in [0.05, 0.1) is 13.0 Å². The van der Waals surface area contributed by atoms with Gasteiger partial charge in [0.25, 0.3) is 0 Å². The van der Waals surface area contributed by atoms with Gasteiger partial charge in [-0.3, -0.25) is 9.20 Å². The minimum atomic E-state index is -0.223. The van der Waals surface area contributed by atoms with Crippen molar-refractivity contribution in [2.45, 2.75) is 58.9 Å². The SMILES string of the molecule is COc1cc(-c2nc3ccc(Br)cn3c2NC(C)(C)CC(C)(C)C)ccc1OC(=O)C1CC1c1ccccc1. The number of fused-ring (bicyclic) bond motifs is 1. The number of nitrogens with zero attached hydrogens (tertiary/aromatic N) is 2. The first-order chi connectivity index (χ1) is 18.4. The molecule has 1 aliphatic carbocycles. The van der Waals surface area contributed by atoms with Crippen molar-refractivity contribution in [1.29, 1.82) is 0 Å². The van der Waals surface area contributed by atoms with Crippen molar-refractivity contribution in [3.8, 4) is 22.8 Å². The third kappa shape index (κ3) is 6.14. The van der Waals surface area contributed by atoms with Gasteiger partial charge in [-0.05, 0) is 89.8 Å². The molecule has 6 nitrogen and oxygen atoms in total. The van der Waals surface area contributed by atoms with E-state index in [1.165, 1.54) is 5.56 Å². The van der Waals surface area contributed by atoms with Crippen LogP contribution < -0.4 is 14.8 Å². The molecule has 0 saturated heterocycles. The van der Waals surface area contributed by atoms with Gasteiger partial charge in [-0.25, -0.2) is 4.98 Å². The topological polar surface area (TPSA) is 64.9 Å². The van der Waals surface area contributed by atoms with E-state index >= 15 is 0 Å². The van der Waals surface area contributed by atoms with Crippen LogP contribution in [0.4, 0.5) is 5.82 Å². The lowest BCUT2D eigenvalue weighted by atomic mass is 9.82. The second-order valence-electron chi connectivity index (χ2n) is 12.3. The van der Waals surface area contributed by atoms with Crippen LogP contribution in [0.1, 0.15) is 58.9 Å². The summed E-state index contributed by atoms with van der Waals surface area (Å²) in [5.41, 5.74) is 3.64. The van der Waals surface area contributed by atoms with Crippen LogP contribution in [-0.4, -0.2) is 28.0 Å². The fraction of sp³-hybridized carbons (Fsp3) is 0.375. The predicted molar refractivity (Wildman–Crippen MR) is 160 cm³/mol. The van der Waals surface area contributed by atoms with E-state index in [1.54, 1.807) is 13.2 Å². The maximum atomic E-state index is 12.9. The molecule has 2 atom stereocenters. The molecule has 1 fully saturated rings. The normalized spacial score (nSPS) is 17.2. The van der Waals surface area contributed by atoms with E-state index in [2.05, 4.69) is 72.4 Å². The van der Waals surface area contributed by atoms with E-state index in [4.69, 9.17) is 14.5 Å². The Hall–Kier alpha value is -3.32. The van der Waals surface area contributed by atoms with E-state index in [0.29, 0.717) is 11.5 Å². The molecule has 2 aromatic heterocycles. The van der Waals surface area contributed by atoms with Crippen molar-refractivity contribution in [1.82, 2.24) is 9.38 Å². The number of rotatable bonds is 8. The van der Waals surface area contributed by atoms with E-state index in [1.807, 2.05) is 48.7 Å². The predicted octanol–water partition coefficient (Wildman–Crippen LogP) is 8.11. The number of esters is 1. The molecule has 0 aliphatic heterocycles. The van der Waals surface area contributed by atoms with E-state index in [0.717, 1.165) is 40.0 Å². The summed E-state index contributed by atoms with van der Waals surface area (Å²) in [4.78, 5) is 17.9. The molecular formula is C32H36BrN3O3. The van der Waals surface area contributed by atoms with Crippen molar-refractivity contribution in [3.05, 3.63) is 76.9 Å². The van der Waals surface area contributed by atoms with Gasteiger partial charge in [0.2, 0.25) is 0 Å². The summed E-state index contributed by atoms with van der Waals surface area (Å²) < 4.78 is 14.5. The van der Waals surface area contributed by atoms with Gasteiger partial charge in [0.15, 0.2) is 11.5 Å². The molecule has 1 saturated carbocycles. The first kappa shape index (κ1) is 27.3. The second kappa shape index (κ2) is 10.3. The number of benzene rings is 2. The lowest BCUT2D eigenvalue weighted by Gasteiger charge is -2.34. The Balaban J connectivity index is 1.44. The fourth-order valence-corrected chi connectivity index (χ4v) is 5.97. The highest BCUT2D eigenvalue weighted by Gasteiger charge is 2.45. The maximum absolute atomic E-state index is 12.9. The van der Waals surface area contributed by atoms with Crippen molar-refractivity contribution < 1.29 is 14.3 Å². The van der Waals surface area contributed by atoms with Gasteiger partial charge in [-0.2, -0.15) is 0 Å². The maximum Gasteiger partial charge on any atom is 0.315 e. The average molecular weight is 591 g/mol. The lowest BCUT2D eigenvalue weighted by molar-refractivity contribution is -0.136. The molecule has 0 spiro atoms. The Bertz CT molecular complexity index is 1500. The largest absolute Gasteiger partial charge is 0.493 e. The zero-order valence-electron chi connectivity index (χ0n) is 23.4. The number of carbonyl (C=O) groups excluding carboxylic acids is 1. The number of carbonyl (C=O) groups is 1. The monoisotopic (exact) mass is 589 g/mol. The van der Waals surface area contributed by atoms with Crippen LogP contribution in [0.5, 0.6) is 11.5 Å². The van der Waals surface area contributed by atoms with Crippen molar-refractivity contribution in [3.63, 3.8) is 0 Å². The quantitative estimate of drug-likeness (QED) is 0.166. The van der Waals surface area contributed by atoms with Crippen LogP contribution in [-0.2, 0) is 4.79 Å². The highest BCUT2D eigenvalue weighted by Crippen LogP contribution is 2.48. The molecule has 0 amide bonds. The minimum absolute atomic E-state index is 0.130. The van der Waals surface area contributed by atoms with Crippen molar-refractivity contribution >= 4 is 33.4 Å². The second-order valence-corrected chi connectivity index (χ2v) is 13.2. The van der Waals surface area contributed by atoms with Crippen molar-refractivity contribution in [2.75, 3.05) is 12.4 Å².